The molecule has 0 spiro atoms. The number of ether oxygens (including phenoxy) is 2. The Hall–Kier alpha value is -3.78. The van der Waals surface area contributed by atoms with E-state index in [1.807, 2.05) is 6.07 Å². The predicted molar refractivity (Wildman–Crippen MR) is 177 cm³/mol. The standard InChI is InChI=1S/C31H37ClN8O4S/c1-20-16-26(28(43-2)17-27(20)40-10-6-21(7-11-40)39-12-14-44-15-13-39)37-31-35-18-23(32)30(38-31)36-24-4-5-25-29(34-9-8-33-25)22(24)19-45(3,41)42/h4-5,8-9,16-18,21H,6-7,10-15,19H2,1-3H3,(H2,35,36,37,38). The molecule has 0 amide bonds. The van der Waals surface area contributed by atoms with Crippen LogP contribution >= 0.6 is 11.6 Å². The van der Waals surface area contributed by atoms with E-state index in [0.29, 0.717) is 51.5 Å². The summed E-state index contributed by atoms with van der Waals surface area (Å²) in [6, 6.07) is 8.22. The Morgan fingerprint density at radius 2 is 1.78 bits per heavy atom. The van der Waals surface area contributed by atoms with Crippen molar-refractivity contribution < 1.29 is 17.9 Å². The Balaban J connectivity index is 1.22. The van der Waals surface area contributed by atoms with Gasteiger partial charge in [-0.05, 0) is 43.5 Å². The lowest BCUT2D eigenvalue weighted by Gasteiger charge is -2.41. The van der Waals surface area contributed by atoms with Crippen molar-refractivity contribution in [2.75, 3.05) is 68.3 Å². The lowest BCUT2D eigenvalue weighted by molar-refractivity contribution is 0.0115. The number of hydrogen-bond acceptors (Lipinski definition) is 12. The molecule has 2 aromatic heterocycles. The van der Waals surface area contributed by atoms with Gasteiger partial charge in [-0.15, -0.1) is 0 Å². The Morgan fingerprint density at radius 3 is 2.51 bits per heavy atom. The van der Waals surface area contributed by atoms with E-state index in [2.05, 4.69) is 53.4 Å². The number of sulfone groups is 1. The lowest BCUT2D eigenvalue weighted by atomic mass is 10.0. The Labute approximate surface area is 268 Å². The summed E-state index contributed by atoms with van der Waals surface area (Å²) in [4.78, 5) is 22.7. The van der Waals surface area contributed by atoms with Crippen molar-refractivity contribution in [2.24, 2.45) is 0 Å². The van der Waals surface area contributed by atoms with Gasteiger partial charge < -0.3 is 25.0 Å². The number of fused-ring (bicyclic) bond motifs is 1. The topological polar surface area (TPSA) is 135 Å². The molecule has 2 aliphatic rings. The second-order valence-electron chi connectivity index (χ2n) is 11.4. The molecule has 14 heteroatoms. The van der Waals surface area contributed by atoms with Gasteiger partial charge in [0.1, 0.15) is 10.8 Å². The van der Waals surface area contributed by atoms with Gasteiger partial charge in [0.15, 0.2) is 15.7 Å². The van der Waals surface area contributed by atoms with Crippen LogP contribution in [0.1, 0.15) is 24.0 Å². The summed E-state index contributed by atoms with van der Waals surface area (Å²) < 4.78 is 35.9. The molecule has 0 unspecified atom stereocenters. The van der Waals surface area contributed by atoms with Crippen LogP contribution in [0.15, 0.2) is 42.9 Å². The molecule has 0 aliphatic carbocycles. The van der Waals surface area contributed by atoms with Gasteiger partial charge in [0.05, 0.1) is 49.0 Å². The van der Waals surface area contributed by atoms with Gasteiger partial charge in [0.25, 0.3) is 0 Å². The van der Waals surface area contributed by atoms with Crippen molar-refractivity contribution in [3.63, 3.8) is 0 Å². The van der Waals surface area contributed by atoms with Crippen molar-refractivity contribution in [3.05, 3.63) is 59.0 Å². The van der Waals surface area contributed by atoms with Crippen LogP contribution in [-0.4, -0.2) is 92.1 Å². The summed E-state index contributed by atoms with van der Waals surface area (Å²) >= 11 is 6.50. The summed E-state index contributed by atoms with van der Waals surface area (Å²) in [5.74, 6) is 1.04. The number of morpholine rings is 1. The molecule has 6 rings (SSSR count). The van der Waals surface area contributed by atoms with Gasteiger partial charge in [0.2, 0.25) is 5.95 Å². The van der Waals surface area contributed by atoms with Crippen molar-refractivity contribution in [3.8, 4) is 5.75 Å². The second kappa shape index (κ2) is 13.3. The third-order valence-electron chi connectivity index (χ3n) is 8.28. The first-order valence-electron chi connectivity index (χ1n) is 14.9. The van der Waals surface area contributed by atoms with Gasteiger partial charge in [-0.3, -0.25) is 14.9 Å². The largest absolute Gasteiger partial charge is 0.494 e. The first kappa shape index (κ1) is 31.2. The Morgan fingerprint density at radius 1 is 1.02 bits per heavy atom. The van der Waals surface area contributed by atoms with Gasteiger partial charge in [0, 0.05) is 73.9 Å². The molecule has 2 N–H and O–H groups in total. The summed E-state index contributed by atoms with van der Waals surface area (Å²) in [6.45, 7) is 7.73. The zero-order chi connectivity index (χ0) is 31.6. The van der Waals surface area contributed by atoms with Crippen LogP contribution in [0.2, 0.25) is 5.02 Å². The van der Waals surface area contributed by atoms with E-state index >= 15 is 0 Å². The normalized spacial score (nSPS) is 16.6. The molecular formula is C31H37ClN8O4S. The highest BCUT2D eigenvalue weighted by molar-refractivity contribution is 7.89. The fraction of sp³-hybridized carbons (Fsp3) is 0.419. The zero-order valence-electron chi connectivity index (χ0n) is 25.6. The number of nitrogens with zero attached hydrogens (tertiary/aromatic N) is 6. The number of aryl methyl sites for hydroxylation is 1. The predicted octanol–water partition coefficient (Wildman–Crippen LogP) is 4.72. The third-order valence-corrected chi connectivity index (χ3v) is 9.37. The van der Waals surface area contributed by atoms with Crippen LogP contribution < -0.4 is 20.3 Å². The molecule has 2 aliphatic heterocycles. The maximum Gasteiger partial charge on any atom is 0.229 e. The number of methoxy groups -OCH3 is 1. The SMILES string of the molecule is COc1cc(N2CCC(N3CCOCC3)CC2)c(C)cc1Nc1ncc(Cl)c(Nc2ccc3nccnc3c2CS(C)(=O)=O)n1. The molecule has 2 saturated heterocycles. The first-order chi connectivity index (χ1) is 21.7. The quantitative estimate of drug-likeness (QED) is 0.259. The molecule has 0 radical (unpaired) electrons. The van der Waals surface area contributed by atoms with Crippen molar-refractivity contribution in [1.29, 1.82) is 0 Å². The van der Waals surface area contributed by atoms with E-state index in [0.717, 1.165) is 63.5 Å². The van der Waals surface area contributed by atoms with Gasteiger partial charge >= 0.3 is 0 Å². The smallest absolute Gasteiger partial charge is 0.229 e. The van der Waals surface area contributed by atoms with Gasteiger partial charge in [-0.1, -0.05) is 11.6 Å². The minimum atomic E-state index is -3.38. The highest BCUT2D eigenvalue weighted by Crippen LogP contribution is 2.37. The number of aromatic nitrogens is 4. The molecule has 238 valence electrons. The molecule has 0 saturated carbocycles. The number of hydrogen-bond donors (Lipinski definition) is 2. The first-order valence-corrected chi connectivity index (χ1v) is 17.3. The summed E-state index contributed by atoms with van der Waals surface area (Å²) in [6.07, 6.45) is 8.00. The summed E-state index contributed by atoms with van der Waals surface area (Å²) in [5, 5.41) is 6.74. The average Bonchev–Trinajstić information content (AvgIpc) is 3.04. The summed E-state index contributed by atoms with van der Waals surface area (Å²) in [5.41, 5.74) is 5.04. The fourth-order valence-electron chi connectivity index (χ4n) is 6.08. The number of nitrogens with one attached hydrogen (secondary N) is 2. The highest BCUT2D eigenvalue weighted by atomic mass is 35.5. The zero-order valence-corrected chi connectivity index (χ0v) is 27.2. The van der Waals surface area contributed by atoms with Crippen LogP contribution in [0.25, 0.3) is 11.0 Å². The molecule has 2 fully saturated rings. The minimum absolute atomic E-state index is 0.229. The van der Waals surface area contributed by atoms with Gasteiger partial charge in [-0.25, -0.2) is 13.4 Å². The maximum atomic E-state index is 12.3. The number of anilines is 5. The number of rotatable bonds is 9. The molecule has 12 nitrogen and oxygen atoms in total. The van der Waals surface area contributed by atoms with Crippen LogP contribution in [0, 0.1) is 6.92 Å². The molecule has 0 atom stereocenters. The van der Waals surface area contributed by atoms with E-state index < -0.39 is 9.84 Å². The molecule has 4 aromatic rings. The summed E-state index contributed by atoms with van der Waals surface area (Å²) in [7, 11) is -1.74. The van der Waals surface area contributed by atoms with Crippen LogP contribution in [0.3, 0.4) is 0 Å². The van der Waals surface area contributed by atoms with E-state index in [1.54, 1.807) is 25.4 Å². The highest BCUT2D eigenvalue weighted by Gasteiger charge is 2.27. The van der Waals surface area contributed by atoms with Gasteiger partial charge in [-0.2, -0.15) is 4.98 Å². The molecular weight excluding hydrogens is 616 g/mol. The minimum Gasteiger partial charge on any atom is -0.494 e. The van der Waals surface area contributed by atoms with Crippen molar-refractivity contribution >= 4 is 61.3 Å². The maximum absolute atomic E-state index is 12.3. The molecule has 2 aromatic carbocycles. The Bertz CT molecular complexity index is 1790. The fourth-order valence-corrected chi connectivity index (χ4v) is 7.04. The number of halogens is 1. The van der Waals surface area contributed by atoms with E-state index in [1.165, 1.54) is 18.6 Å². The van der Waals surface area contributed by atoms with Crippen molar-refractivity contribution in [2.45, 2.75) is 31.6 Å². The van der Waals surface area contributed by atoms with E-state index in [-0.39, 0.29) is 10.8 Å². The lowest BCUT2D eigenvalue weighted by Crippen LogP contribution is -2.49. The molecule has 0 bridgehead atoms. The van der Waals surface area contributed by atoms with Crippen LogP contribution in [-0.2, 0) is 20.3 Å². The number of piperidine rings is 1. The van der Waals surface area contributed by atoms with Crippen LogP contribution in [0.4, 0.5) is 28.8 Å². The monoisotopic (exact) mass is 652 g/mol. The molecule has 4 heterocycles. The van der Waals surface area contributed by atoms with Crippen LogP contribution in [0.5, 0.6) is 5.75 Å². The average molecular weight is 653 g/mol. The third kappa shape index (κ3) is 7.22. The number of benzene rings is 2. The van der Waals surface area contributed by atoms with E-state index in [4.69, 9.17) is 21.1 Å². The second-order valence-corrected chi connectivity index (χ2v) is 14.0. The van der Waals surface area contributed by atoms with Crippen molar-refractivity contribution in [1.82, 2.24) is 24.8 Å². The van der Waals surface area contributed by atoms with E-state index in [9.17, 15) is 8.42 Å². The molecule has 45 heavy (non-hydrogen) atoms. The Kier molecular flexibility index (Phi) is 9.22.